The molecular formula is C17H34N2O. The summed E-state index contributed by atoms with van der Waals surface area (Å²) in [5.74, 6) is 0.826. The van der Waals surface area contributed by atoms with Gasteiger partial charge in [-0.15, -0.1) is 0 Å². The summed E-state index contributed by atoms with van der Waals surface area (Å²) in [6.45, 7) is 6.26. The normalized spacial score (nSPS) is 28.2. The third kappa shape index (κ3) is 4.71. The molecule has 2 fully saturated rings. The van der Waals surface area contributed by atoms with Gasteiger partial charge in [0.2, 0.25) is 0 Å². The van der Waals surface area contributed by atoms with E-state index in [0.717, 1.165) is 32.0 Å². The van der Waals surface area contributed by atoms with Crippen LogP contribution in [0.15, 0.2) is 0 Å². The first-order chi connectivity index (χ1) is 9.85. The maximum Gasteiger partial charge on any atom is 0.0702 e. The molecule has 3 nitrogen and oxygen atoms in total. The van der Waals surface area contributed by atoms with Crippen LogP contribution in [0.1, 0.15) is 64.7 Å². The fourth-order valence-corrected chi connectivity index (χ4v) is 4.02. The Morgan fingerprint density at radius 1 is 1.10 bits per heavy atom. The molecule has 2 N–H and O–H groups in total. The lowest BCUT2D eigenvalue weighted by Gasteiger charge is -2.41. The largest absolute Gasteiger partial charge is 0.377 e. The average Bonchev–Trinajstić information content (AvgIpc) is 2.76. The first-order valence-electron chi connectivity index (χ1n) is 8.90. The van der Waals surface area contributed by atoms with Crippen LogP contribution in [-0.4, -0.2) is 43.3 Å². The molecule has 0 aromatic carbocycles. The van der Waals surface area contributed by atoms with Gasteiger partial charge in [0.05, 0.1) is 6.10 Å². The minimum Gasteiger partial charge on any atom is -0.377 e. The summed E-state index contributed by atoms with van der Waals surface area (Å²) in [6, 6.07) is 0.598. The van der Waals surface area contributed by atoms with Crippen molar-refractivity contribution in [3.05, 3.63) is 0 Å². The number of ether oxygens (including phenoxy) is 1. The van der Waals surface area contributed by atoms with E-state index in [4.69, 9.17) is 10.5 Å². The van der Waals surface area contributed by atoms with Crippen molar-refractivity contribution in [1.82, 2.24) is 4.90 Å². The van der Waals surface area contributed by atoms with E-state index >= 15 is 0 Å². The number of likely N-dealkylation sites (tertiary alicyclic amines) is 1. The van der Waals surface area contributed by atoms with Gasteiger partial charge in [0, 0.05) is 25.7 Å². The summed E-state index contributed by atoms with van der Waals surface area (Å²) in [5.41, 5.74) is 6.15. The molecule has 2 atom stereocenters. The van der Waals surface area contributed by atoms with E-state index in [0.29, 0.717) is 12.1 Å². The monoisotopic (exact) mass is 282 g/mol. The van der Waals surface area contributed by atoms with Crippen molar-refractivity contribution in [2.24, 2.45) is 11.7 Å². The molecule has 2 rings (SSSR count). The zero-order chi connectivity index (χ0) is 14.2. The Bertz CT molecular complexity index is 251. The van der Waals surface area contributed by atoms with Gasteiger partial charge < -0.3 is 10.5 Å². The lowest BCUT2D eigenvalue weighted by atomic mass is 9.89. The number of nitrogens with two attached hydrogens (primary N) is 1. The molecule has 3 heteroatoms. The fraction of sp³-hybridized carbons (Fsp3) is 1.00. The second-order valence-corrected chi connectivity index (χ2v) is 6.68. The van der Waals surface area contributed by atoms with Gasteiger partial charge >= 0.3 is 0 Å². The first kappa shape index (κ1) is 16.3. The molecule has 0 radical (unpaired) electrons. The Kier molecular flexibility index (Phi) is 7.32. The molecule has 1 saturated carbocycles. The standard InChI is InChI=1S/C17H34N2O/c1-2-12-20-16-10-7-11-19(14-16)17(13-18)15-8-5-3-4-6-9-15/h15-17H,2-14,18H2,1H3. The van der Waals surface area contributed by atoms with Crippen molar-refractivity contribution < 1.29 is 4.74 Å². The van der Waals surface area contributed by atoms with Crippen molar-refractivity contribution in [3.63, 3.8) is 0 Å². The van der Waals surface area contributed by atoms with Gasteiger partial charge in [0.15, 0.2) is 0 Å². The molecule has 20 heavy (non-hydrogen) atoms. The predicted molar refractivity (Wildman–Crippen MR) is 84.9 cm³/mol. The number of rotatable bonds is 6. The molecule has 1 aliphatic carbocycles. The van der Waals surface area contributed by atoms with Gasteiger partial charge in [-0.1, -0.05) is 32.6 Å². The Hall–Kier alpha value is -0.120. The number of piperidine rings is 1. The lowest BCUT2D eigenvalue weighted by molar-refractivity contribution is -0.0206. The molecule has 0 spiro atoms. The number of hydrogen-bond acceptors (Lipinski definition) is 3. The van der Waals surface area contributed by atoms with Crippen LogP contribution in [0.25, 0.3) is 0 Å². The lowest BCUT2D eigenvalue weighted by Crippen LogP contribution is -2.51. The molecular weight excluding hydrogens is 248 g/mol. The highest BCUT2D eigenvalue weighted by Crippen LogP contribution is 2.29. The van der Waals surface area contributed by atoms with Gasteiger partial charge in [0.25, 0.3) is 0 Å². The highest BCUT2D eigenvalue weighted by molar-refractivity contribution is 4.86. The third-order valence-electron chi connectivity index (χ3n) is 5.12. The van der Waals surface area contributed by atoms with Crippen molar-refractivity contribution in [3.8, 4) is 0 Å². The van der Waals surface area contributed by atoms with Crippen LogP contribution >= 0.6 is 0 Å². The Labute approximate surface area is 125 Å². The maximum absolute atomic E-state index is 6.15. The second-order valence-electron chi connectivity index (χ2n) is 6.68. The molecule has 0 bridgehead atoms. The SMILES string of the molecule is CCCOC1CCCN(C(CN)C2CCCCCC2)C1. The average molecular weight is 282 g/mol. The molecule has 2 aliphatic rings. The summed E-state index contributed by atoms with van der Waals surface area (Å²) < 4.78 is 5.99. The molecule has 118 valence electrons. The third-order valence-corrected chi connectivity index (χ3v) is 5.12. The van der Waals surface area contributed by atoms with Crippen LogP contribution in [0.5, 0.6) is 0 Å². The Morgan fingerprint density at radius 2 is 1.85 bits per heavy atom. The summed E-state index contributed by atoms with van der Waals surface area (Å²) in [7, 11) is 0. The zero-order valence-corrected chi connectivity index (χ0v) is 13.4. The van der Waals surface area contributed by atoms with E-state index in [1.165, 1.54) is 57.9 Å². The molecule has 0 amide bonds. The van der Waals surface area contributed by atoms with Crippen molar-refractivity contribution in [2.75, 3.05) is 26.2 Å². The molecule has 1 heterocycles. The summed E-state index contributed by atoms with van der Waals surface area (Å²) in [4.78, 5) is 2.65. The maximum atomic E-state index is 6.15. The van der Waals surface area contributed by atoms with E-state index in [9.17, 15) is 0 Å². The highest BCUT2D eigenvalue weighted by atomic mass is 16.5. The molecule has 1 aliphatic heterocycles. The van der Waals surface area contributed by atoms with E-state index in [-0.39, 0.29) is 0 Å². The van der Waals surface area contributed by atoms with Crippen molar-refractivity contribution in [2.45, 2.75) is 76.9 Å². The smallest absolute Gasteiger partial charge is 0.0702 e. The van der Waals surface area contributed by atoms with Gasteiger partial charge in [-0.05, 0) is 44.6 Å². The fourth-order valence-electron chi connectivity index (χ4n) is 4.02. The van der Waals surface area contributed by atoms with E-state index < -0.39 is 0 Å². The van der Waals surface area contributed by atoms with Gasteiger partial charge in [-0.3, -0.25) is 4.90 Å². The van der Waals surface area contributed by atoms with Crippen molar-refractivity contribution >= 4 is 0 Å². The van der Waals surface area contributed by atoms with Crippen LogP contribution in [0.4, 0.5) is 0 Å². The quantitative estimate of drug-likeness (QED) is 0.761. The molecule has 0 aromatic heterocycles. The topological polar surface area (TPSA) is 38.5 Å². The minimum atomic E-state index is 0.448. The van der Waals surface area contributed by atoms with Crippen LogP contribution in [0.3, 0.4) is 0 Å². The van der Waals surface area contributed by atoms with Gasteiger partial charge in [-0.2, -0.15) is 0 Å². The van der Waals surface area contributed by atoms with E-state index in [2.05, 4.69) is 11.8 Å². The Morgan fingerprint density at radius 3 is 2.50 bits per heavy atom. The second kappa shape index (κ2) is 9.01. The van der Waals surface area contributed by atoms with Crippen LogP contribution in [0, 0.1) is 5.92 Å². The van der Waals surface area contributed by atoms with E-state index in [1.807, 2.05) is 0 Å². The summed E-state index contributed by atoms with van der Waals surface area (Å²) in [5, 5.41) is 0. The van der Waals surface area contributed by atoms with Crippen LogP contribution < -0.4 is 5.73 Å². The molecule has 1 saturated heterocycles. The van der Waals surface area contributed by atoms with Gasteiger partial charge in [0.1, 0.15) is 0 Å². The summed E-state index contributed by atoms with van der Waals surface area (Å²) in [6.07, 6.45) is 12.5. The van der Waals surface area contributed by atoms with Crippen molar-refractivity contribution in [1.29, 1.82) is 0 Å². The van der Waals surface area contributed by atoms with E-state index in [1.54, 1.807) is 0 Å². The highest BCUT2D eigenvalue weighted by Gasteiger charge is 2.30. The Balaban J connectivity index is 1.88. The van der Waals surface area contributed by atoms with Gasteiger partial charge in [-0.25, -0.2) is 0 Å². The molecule has 0 aromatic rings. The number of nitrogens with zero attached hydrogens (tertiary/aromatic N) is 1. The predicted octanol–water partition coefficient (Wildman–Crippen LogP) is 3.18. The number of hydrogen-bond donors (Lipinski definition) is 1. The van der Waals surface area contributed by atoms with Crippen LogP contribution in [0.2, 0.25) is 0 Å². The zero-order valence-electron chi connectivity index (χ0n) is 13.4. The van der Waals surface area contributed by atoms with Crippen LogP contribution in [-0.2, 0) is 4.74 Å². The first-order valence-corrected chi connectivity index (χ1v) is 8.90. The molecule has 2 unspecified atom stereocenters. The summed E-state index contributed by atoms with van der Waals surface area (Å²) >= 11 is 0. The minimum absolute atomic E-state index is 0.448.